The molecule has 0 fully saturated rings. The number of hydrogen-bond acceptors (Lipinski definition) is 4. The molecule has 1 aliphatic heterocycles. The Labute approximate surface area is 100 Å². The Morgan fingerprint density at radius 1 is 1.35 bits per heavy atom. The number of nitrogens with zero attached hydrogens (tertiary/aromatic N) is 2. The Hall–Kier alpha value is -1.84. The smallest absolute Gasteiger partial charge is 0.236 e. The van der Waals surface area contributed by atoms with Gasteiger partial charge in [-0.2, -0.15) is 4.98 Å². The van der Waals surface area contributed by atoms with Crippen LogP contribution in [0, 0.1) is 0 Å². The molecule has 1 aromatic carbocycles. The largest absolute Gasteiger partial charge is 0.384 e. The highest BCUT2D eigenvalue weighted by Crippen LogP contribution is 2.35. The number of fused-ring (bicyclic) bond motifs is 1. The summed E-state index contributed by atoms with van der Waals surface area (Å²) in [6, 6.07) is 8.26. The van der Waals surface area contributed by atoms with Crippen LogP contribution in [0.4, 0.5) is 5.69 Å². The highest BCUT2D eigenvalue weighted by Gasteiger charge is 2.28. The maximum Gasteiger partial charge on any atom is 0.236 e. The van der Waals surface area contributed by atoms with Crippen LogP contribution in [0.15, 0.2) is 28.8 Å². The second-order valence-electron chi connectivity index (χ2n) is 4.67. The summed E-state index contributed by atoms with van der Waals surface area (Å²) >= 11 is 0. The maximum absolute atomic E-state index is 5.37. The number of anilines is 1. The van der Waals surface area contributed by atoms with Gasteiger partial charge in [-0.3, -0.25) is 0 Å². The summed E-state index contributed by atoms with van der Waals surface area (Å²) in [5.41, 5.74) is 2.41. The standard InChI is InChI=1S/C13H15N3O/c1-8(2)12-15-13(17-16-12)10-7-14-11-6-4-3-5-9(10)11/h3-6,8,10,14H,7H2,1-2H3. The van der Waals surface area contributed by atoms with Gasteiger partial charge in [-0.05, 0) is 11.6 Å². The lowest BCUT2D eigenvalue weighted by atomic mass is 10.0. The number of rotatable bonds is 2. The van der Waals surface area contributed by atoms with E-state index >= 15 is 0 Å². The molecule has 17 heavy (non-hydrogen) atoms. The molecule has 0 saturated heterocycles. The van der Waals surface area contributed by atoms with Crippen LogP contribution in [0.3, 0.4) is 0 Å². The minimum absolute atomic E-state index is 0.186. The predicted octanol–water partition coefficient (Wildman–Crippen LogP) is 2.75. The molecule has 1 N–H and O–H groups in total. The quantitative estimate of drug-likeness (QED) is 0.860. The average Bonchev–Trinajstić information content (AvgIpc) is 2.95. The molecule has 0 bridgehead atoms. The summed E-state index contributed by atoms with van der Waals surface area (Å²) < 4.78 is 5.37. The van der Waals surface area contributed by atoms with Crippen LogP contribution in [0.1, 0.15) is 43.0 Å². The fourth-order valence-electron chi connectivity index (χ4n) is 2.13. The van der Waals surface area contributed by atoms with Gasteiger partial charge in [-0.15, -0.1) is 0 Å². The van der Waals surface area contributed by atoms with Crippen LogP contribution in [0.5, 0.6) is 0 Å². The number of benzene rings is 1. The molecule has 1 aromatic heterocycles. The number of para-hydroxylation sites is 1. The van der Waals surface area contributed by atoms with E-state index in [1.807, 2.05) is 12.1 Å². The van der Waals surface area contributed by atoms with E-state index in [1.54, 1.807) is 0 Å². The van der Waals surface area contributed by atoms with Crippen molar-refractivity contribution in [2.75, 3.05) is 11.9 Å². The lowest BCUT2D eigenvalue weighted by Crippen LogP contribution is -2.04. The van der Waals surface area contributed by atoms with Crippen molar-refractivity contribution >= 4 is 5.69 Å². The van der Waals surface area contributed by atoms with E-state index < -0.39 is 0 Å². The summed E-state index contributed by atoms with van der Waals surface area (Å²) in [4.78, 5) is 4.47. The molecule has 1 aliphatic rings. The third-order valence-electron chi connectivity index (χ3n) is 3.10. The molecule has 0 amide bonds. The first-order chi connectivity index (χ1) is 8.25. The van der Waals surface area contributed by atoms with E-state index in [1.165, 1.54) is 11.3 Å². The molecule has 3 rings (SSSR count). The molecule has 1 unspecified atom stereocenters. The van der Waals surface area contributed by atoms with Crippen molar-refractivity contribution in [3.8, 4) is 0 Å². The fourth-order valence-corrected chi connectivity index (χ4v) is 2.13. The van der Waals surface area contributed by atoms with Crippen LogP contribution < -0.4 is 5.32 Å². The summed E-state index contributed by atoms with van der Waals surface area (Å²) in [5.74, 6) is 1.99. The van der Waals surface area contributed by atoms with Gasteiger partial charge in [-0.1, -0.05) is 37.2 Å². The number of aromatic nitrogens is 2. The molecule has 0 saturated carbocycles. The Morgan fingerprint density at radius 3 is 2.94 bits per heavy atom. The van der Waals surface area contributed by atoms with Gasteiger partial charge in [0.05, 0.1) is 5.92 Å². The van der Waals surface area contributed by atoms with Crippen molar-refractivity contribution in [3.63, 3.8) is 0 Å². The summed E-state index contributed by atoms with van der Waals surface area (Å²) in [7, 11) is 0. The van der Waals surface area contributed by atoms with Gasteiger partial charge >= 0.3 is 0 Å². The van der Waals surface area contributed by atoms with Crippen molar-refractivity contribution in [3.05, 3.63) is 41.5 Å². The van der Waals surface area contributed by atoms with Gasteiger partial charge in [0.15, 0.2) is 5.82 Å². The van der Waals surface area contributed by atoms with Crippen molar-refractivity contribution < 1.29 is 4.52 Å². The van der Waals surface area contributed by atoms with Gasteiger partial charge in [0.1, 0.15) is 0 Å². The van der Waals surface area contributed by atoms with Gasteiger partial charge in [0.2, 0.25) is 5.89 Å². The van der Waals surface area contributed by atoms with E-state index in [0.29, 0.717) is 11.8 Å². The highest BCUT2D eigenvalue weighted by atomic mass is 16.5. The zero-order valence-corrected chi connectivity index (χ0v) is 9.97. The highest BCUT2D eigenvalue weighted by molar-refractivity contribution is 5.59. The first-order valence-corrected chi connectivity index (χ1v) is 5.92. The topological polar surface area (TPSA) is 51.0 Å². The first-order valence-electron chi connectivity index (χ1n) is 5.92. The molecule has 2 aromatic rings. The third kappa shape index (κ3) is 1.69. The molecule has 88 valence electrons. The van der Waals surface area contributed by atoms with Crippen molar-refractivity contribution in [1.82, 2.24) is 10.1 Å². The van der Waals surface area contributed by atoms with Gasteiger partial charge in [0, 0.05) is 18.2 Å². The third-order valence-corrected chi connectivity index (χ3v) is 3.10. The van der Waals surface area contributed by atoms with E-state index in [-0.39, 0.29) is 5.92 Å². The Bertz CT molecular complexity index is 533. The van der Waals surface area contributed by atoms with Crippen molar-refractivity contribution in [2.45, 2.75) is 25.7 Å². The van der Waals surface area contributed by atoms with Crippen LogP contribution in [-0.2, 0) is 0 Å². The Balaban J connectivity index is 1.95. The maximum atomic E-state index is 5.37. The fraction of sp³-hybridized carbons (Fsp3) is 0.385. The summed E-state index contributed by atoms with van der Waals surface area (Å²) in [6.45, 7) is 4.96. The van der Waals surface area contributed by atoms with Gasteiger partial charge < -0.3 is 9.84 Å². The molecule has 0 radical (unpaired) electrons. The monoisotopic (exact) mass is 229 g/mol. The molecule has 0 spiro atoms. The minimum Gasteiger partial charge on any atom is -0.384 e. The van der Waals surface area contributed by atoms with Crippen LogP contribution in [0.25, 0.3) is 0 Å². The summed E-state index contributed by atoms with van der Waals surface area (Å²) in [5, 5.41) is 7.38. The molecule has 4 heteroatoms. The van der Waals surface area contributed by atoms with Crippen molar-refractivity contribution in [1.29, 1.82) is 0 Å². The molecule has 1 atom stereocenters. The van der Waals surface area contributed by atoms with Crippen molar-refractivity contribution in [2.24, 2.45) is 0 Å². The van der Waals surface area contributed by atoms with Gasteiger partial charge in [-0.25, -0.2) is 0 Å². The summed E-state index contributed by atoms with van der Waals surface area (Å²) in [6.07, 6.45) is 0. The van der Waals surface area contributed by atoms with E-state index in [9.17, 15) is 0 Å². The average molecular weight is 229 g/mol. The zero-order valence-electron chi connectivity index (χ0n) is 9.97. The second kappa shape index (κ2) is 3.87. The lowest BCUT2D eigenvalue weighted by molar-refractivity contribution is 0.364. The predicted molar refractivity (Wildman–Crippen MR) is 65.2 cm³/mol. The van der Waals surface area contributed by atoms with Crippen LogP contribution in [-0.4, -0.2) is 16.7 Å². The van der Waals surface area contributed by atoms with Crippen LogP contribution in [0.2, 0.25) is 0 Å². The van der Waals surface area contributed by atoms with E-state index in [4.69, 9.17) is 4.52 Å². The number of hydrogen-bond donors (Lipinski definition) is 1. The molecular formula is C13H15N3O. The van der Waals surface area contributed by atoms with Gasteiger partial charge in [0.25, 0.3) is 0 Å². The lowest BCUT2D eigenvalue weighted by Gasteiger charge is -2.03. The van der Waals surface area contributed by atoms with E-state index in [2.05, 4.69) is 41.4 Å². The number of nitrogens with one attached hydrogen (secondary N) is 1. The Morgan fingerprint density at radius 2 is 2.18 bits per heavy atom. The molecule has 4 nitrogen and oxygen atoms in total. The SMILES string of the molecule is CC(C)c1noc(C2CNc3ccccc32)n1. The molecular weight excluding hydrogens is 214 g/mol. The minimum atomic E-state index is 0.186. The van der Waals surface area contributed by atoms with E-state index in [0.717, 1.165) is 12.4 Å². The second-order valence-corrected chi connectivity index (χ2v) is 4.67. The molecule has 2 heterocycles. The molecule has 0 aliphatic carbocycles. The van der Waals surface area contributed by atoms with Crippen LogP contribution >= 0.6 is 0 Å². The zero-order chi connectivity index (χ0) is 11.8. The first kappa shape index (κ1) is 10.3. The normalized spacial score (nSPS) is 18.2. The Kier molecular flexibility index (Phi) is 2.35.